The van der Waals surface area contributed by atoms with Crippen molar-refractivity contribution in [3.63, 3.8) is 0 Å². The van der Waals surface area contributed by atoms with E-state index in [1.165, 1.54) is 11.1 Å². The fourth-order valence-electron chi connectivity index (χ4n) is 2.99. The van der Waals surface area contributed by atoms with Gasteiger partial charge in [-0.1, -0.05) is 41.7 Å². The van der Waals surface area contributed by atoms with Gasteiger partial charge in [-0.25, -0.2) is 9.97 Å². The molecule has 5 heteroatoms. The molecular weight excluding hydrogens is 366 g/mol. The second-order valence-corrected chi connectivity index (χ2v) is 8.51. The van der Waals surface area contributed by atoms with Crippen LogP contribution in [0.25, 0.3) is 10.2 Å². The molecule has 3 aromatic rings. The van der Waals surface area contributed by atoms with E-state index in [2.05, 4.69) is 58.3 Å². The van der Waals surface area contributed by atoms with Crippen LogP contribution in [0.3, 0.4) is 0 Å². The molecule has 0 amide bonds. The molecule has 28 heavy (non-hydrogen) atoms. The molecule has 2 N–H and O–H groups in total. The highest BCUT2D eigenvalue weighted by Gasteiger charge is 2.12. The van der Waals surface area contributed by atoms with E-state index in [1.54, 1.807) is 25.2 Å². The molecule has 0 saturated carbocycles. The minimum absolute atomic E-state index is 0.722. The van der Waals surface area contributed by atoms with E-state index in [0.29, 0.717) is 0 Å². The molecule has 4 nitrogen and oxygen atoms in total. The van der Waals surface area contributed by atoms with E-state index >= 15 is 0 Å². The molecule has 2 heterocycles. The Hall–Kier alpha value is -2.42. The number of thiophene rings is 1. The summed E-state index contributed by atoms with van der Waals surface area (Å²) < 4.78 is 1.02. The molecule has 1 aromatic carbocycles. The summed E-state index contributed by atoms with van der Waals surface area (Å²) in [5.41, 5.74) is 3.39. The Morgan fingerprint density at radius 1 is 1.18 bits per heavy atom. The number of aryl methyl sites for hydroxylation is 3. The van der Waals surface area contributed by atoms with Crippen molar-refractivity contribution < 1.29 is 5.11 Å². The molecule has 0 fully saturated rings. The number of nitrogens with one attached hydrogen (secondary N) is 1. The van der Waals surface area contributed by atoms with Crippen molar-refractivity contribution in [2.75, 3.05) is 11.9 Å². The van der Waals surface area contributed by atoms with E-state index in [-0.39, 0.29) is 0 Å². The van der Waals surface area contributed by atoms with Gasteiger partial charge in [0.05, 0.1) is 10.3 Å². The minimum atomic E-state index is -1.02. The summed E-state index contributed by atoms with van der Waals surface area (Å²) in [5.74, 6) is 7.52. The Balaban J connectivity index is 1.64. The highest BCUT2D eigenvalue weighted by atomic mass is 32.1. The first-order valence-corrected chi connectivity index (χ1v) is 10.5. The van der Waals surface area contributed by atoms with E-state index in [9.17, 15) is 5.11 Å². The van der Waals surface area contributed by atoms with Crippen LogP contribution in [0.2, 0.25) is 0 Å². The van der Waals surface area contributed by atoms with Gasteiger partial charge in [-0.3, -0.25) is 0 Å². The second-order valence-electron chi connectivity index (χ2n) is 7.63. The van der Waals surface area contributed by atoms with Gasteiger partial charge < -0.3 is 10.4 Å². The maximum atomic E-state index is 9.85. The highest BCUT2D eigenvalue weighted by molar-refractivity contribution is 7.18. The minimum Gasteiger partial charge on any atom is -0.378 e. The monoisotopic (exact) mass is 393 g/mol. The van der Waals surface area contributed by atoms with Crippen LogP contribution in [0.1, 0.15) is 49.2 Å². The van der Waals surface area contributed by atoms with Crippen LogP contribution in [-0.2, 0) is 6.42 Å². The van der Waals surface area contributed by atoms with E-state index in [1.807, 2.05) is 12.3 Å². The topological polar surface area (TPSA) is 58.0 Å². The lowest BCUT2D eigenvalue weighted by Gasteiger charge is -2.08. The molecule has 0 radical (unpaired) electrons. The fourth-order valence-corrected chi connectivity index (χ4v) is 3.89. The Morgan fingerprint density at radius 3 is 2.75 bits per heavy atom. The van der Waals surface area contributed by atoms with E-state index in [0.717, 1.165) is 53.2 Å². The number of aromatic nitrogens is 2. The summed E-state index contributed by atoms with van der Waals surface area (Å²) in [6.45, 7) is 8.26. The van der Waals surface area contributed by atoms with Crippen molar-refractivity contribution >= 4 is 27.4 Å². The molecule has 0 spiro atoms. The van der Waals surface area contributed by atoms with Crippen LogP contribution in [0, 0.1) is 25.7 Å². The molecule has 0 unspecified atom stereocenters. The summed E-state index contributed by atoms with van der Waals surface area (Å²) in [4.78, 5) is 9.15. The average Bonchev–Trinajstić information content (AvgIpc) is 3.02. The standard InChI is InChI=1S/C23H27N3OS/c1-16-8-7-10-18(14-16)9-5-6-13-24-22-21-20(25-17(2)26-22)19(15-28-21)11-12-23(3,4)27/h7-8,10,14-15,27H,5-6,9,13H2,1-4H3,(H,24,25,26). The van der Waals surface area contributed by atoms with Crippen molar-refractivity contribution in [1.29, 1.82) is 0 Å². The highest BCUT2D eigenvalue weighted by Crippen LogP contribution is 2.29. The van der Waals surface area contributed by atoms with Crippen molar-refractivity contribution in [1.82, 2.24) is 9.97 Å². The van der Waals surface area contributed by atoms with Gasteiger partial charge in [-0.05, 0) is 52.5 Å². The second kappa shape index (κ2) is 8.72. The lowest BCUT2D eigenvalue weighted by molar-refractivity contribution is 0.143. The summed E-state index contributed by atoms with van der Waals surface area (Å²) in [5, 5.41) is 15.3. The van der Waals surface area contributed by atoms with Gasteiger partial charge in [0.1, 0.15) is 22.8 Å². The van der Waals surface area contributed by atoms with Crippen LogP contribution >= 0.6 is 11.3 Å². The first-order chi connectivity index (χ1) is 13.3. The third-order valence-electron chi connectivity index (χ3n) is 4.30. The number of anilines is 1. The zero-order chi connectivity index (χ0) is 20.1. The number of hydrogen-bond donors (Lipinski definition) is 2. The lowest BCUT2D eigenvalue weighted by Crippen LogP contribution is -2.14. The predicted molar refractivity (Wildman–Crippen MR) is 118 cm³/mol. The Morgan fingerprint density at radius 2 is 2.00 bits per heavy atom. The van der Waals surface area contributed by atoms with Crippen molar-refractivity contribution in [3.05, 3.63) is 52.2 Å². The zero-order valence-electron chi connectivity index (χ0n) is 17.0. The Bertz CT molecular complexity index is 1020. The van der Waals surface area contributed by atoms with Crippen LogP contribution in [0.15, 0.2) is 29.6 Å². The molecule has 2 aromatic heterocycles. The SMILES string of the molecule is Cc1cccc(CCCCNc2nc(C)nc3c(C#CC(C)(C)O)csc23)c1. The van der Waals surface area contributed by atoms with Gasteiger partial charge in [0.2, 0.25) is 0 Å². The molecule has 3 rings (SSSR count). The van der Waals surface area contributed by atoms with Crippen LogP contribution < -0.4 is 5.32 Å². The molecule has 0 atom stereocenters. The Labute approximate surface area is 171 Å². The fraction of sp³-hybridized carbons (Fsp3) is 0.391. The van der Waals surface area contributed by atoms with Gasteiger partial charge >= 0.3 is 0 Å². The van der Waals surface area contributed by atoms with Crippen LogP contribution in [0.4, 0.5) is 5.82 Å². The first-order valence-electron chi connectivity index (χ1n) is 9.63. The summed E-state index contributed by atoms with van der Waals surface area (Å²) >= 11 is 1.59. The number of aliphatic hydroxyl groups is 1. The quantitative estimate of drug-likeness (QED) is 0.464. The first kappa shape index (κ1) is 20.3. The largest absolute Gasteiger partial charge is 0.378 e. The van der Waals surface area contributed by atoms with Crippen molar-refractivity contribution in [2.45, 2.75) is 52.6 Å². The zero-order valence-corrected chi connectivity index (χ0v) is 17.8. The number of hydrogen-bond acceptors (Lipinski definition) is 5. The Kier molecular flexibility index (Phi) is 6.33. The summed E-state index contributed by atoms with van der Waals surface area (Å²) in [7, 11) is 0. The van der Waals surface area contributed by atoms with Crippen molar-refractivity contribution in [3.8, 4) is 11.8 Å². The normalized spacial score (nSPS) is 11.3. The van der Waals surface area contributed by atoms with Gasteiger partial charge in [0.25, 0.3) is 0 Å². The molecule has 0 aliphatic carbocycles. The lowest BCUT2D eigenvalue weighted by atomic mass is 10.1. The predicted octanol–water partition coefficient (Wildman–Crippen LogP) is 4.87. The van der Waals surface area contributed by atoms with Crippen LogP contribution in [-0.4, -0.2) is 27.2 Å². The third kappa shape index (κ3) is 5.54. The van der Waals surface area contributed by atoms with E-state index < -0.39 is 5.60 Å². The molecular formula is C23H27N3OS. The maximum absolute atomic E-state index is 9.85. The third-order valence-corrected chi connectivity index (χ3v) is 5.27. The van der Waals surface area contributed by atoms with Gasteiger partial charge in [0, 0.05) is 11.9 Å². The van der Waals surface area contributed by atoms with Crippen molar-refractivity contribution in [2.24, 2.45) is 0 Å². The molecule has 0 aliphatic heterocycles. The molecule has 0 bridgehead atoms. The maximum Gasteiger partial charge on any atom is 0.147 e. The summed E-state index contributed by atoms with van der Waals surface area (Å²) in [6.07, 6.45) is 3.31. The molecule has 146 valence electrons. The van der Waals surface area contributed by atoms with E-state index in [4.69, 9.17) is 0 Å². The molecule has 0 aliphatic rings. The van der Waals surface area contributed by atoms with Crippen LogP contribution in [0.5, 0.6) is 0 Å². The van der Waals surface area contributed by atoms with Gasteiger partial charge in [0.15, 0.2) is 0 Å². The summed E-state index contributed by atoms with van der Waals surface area (Å²) in [6, 6.07) is 8.71. The number of rotatable bonds is 6. The number of benzene rings is 1. The van der Waals surface area contributed by atoms with Gasteiger partial charge in [-0.15, -0.1) is 11.3 Å². The molecule has 0 saturated heterocycles. The number of nitrogens with zero attached hydrogens (tertiary/aromatic N) is 2. The number of fused-ring (bicyclic) bond motifs is 1. The van der Waals surface area contributed by atoms with Gasteiger partial charge in [-0.2, -0.15) is 0 Å². The smallest absolute Gasteiger partial charge is 0.147 e. The number of unbranched alkanes of at least 4 members (excludes halogenated alkanes) is 1. The average molecular weight is 394 g/mol.